The maximum Gasteiger partial charge on any atom is 0.262 e. The molecule has 1 aliphatic rings. The van der Waals surface area contributed by atoms with Gasteiger partial charge in [0, 0.05) is 22.9 Å². The molecule has 0 saturated heterocycles. The summed E-state index contributed by atoms with van der Waals surface area (Å²) in [6.45, 7) is 0.665. The van der Waals surface area contributed by atoms with E-state index >= 15 is 0 Å². The number of nitrogens with two attached hydrogens (primary N) is 1. The van der Waals surface area contributed by atoms with E-state index in [1.54, 1.807) is 35.9 Å². The molecule has 5 heteroatoms. The molecule has 0 saturated carbocycles. The molecule has 1 heterocycles. The van der Waals surface area contributed by atoms with Crippen molar-refractivity contribution in [1.29, 1.82) is 0 Å². The van der Waals surface area contributed by atoms with Crippen molar-refractivity contribution in [3.8, 4) is 5.75 Å². The fraction of sp³-hybridized carbons (Fsp3) is 0.188. The number of nitrogen functional groups attached to an aromatic ring is 1. The number of benzene rings is 2. The van der Waals surface area contributed by atoms with Crippen LogP contribution in [0.3, 0.4) is 0 Å². The van der Waals surface area contributed by atoms with Gasteiger partial charge in [-0.25, -0.2) is 0 Å². The number of nitrogens with zero attached hydrogens (tertiary/aromatic N) is 1. The Balaban J connectivity index is 2.02. The highest BCUT2D eigenvalue weighted by molar-refractivity contribution is 7.99. The Morgan fingerprint density at radius 2 is 2.10 bits per heavy atom. The third-order valence-corrected chi connectivity index (χ3v) is 4.47. The summed E-state index contributed by atoms with van der Waals surface area (Å²) in [6.07, 6.45) is 0. The second-order valence-electron chi connectivity index (χ2n) is 4.73. The lowest BCUT2D eigenvalue weighted by Crippen LogP contribution is -2.35. The summed E-state index contributed by atoms with van der Waals surface area (Å²) in [6, 6.07) is 13.0. The van der Waals surface area contributed by atoms with Gasteiger partial charge in [-0.3, -0.25) is 4.79 Å². The molecule has 0 aliphatic carbocycles. The Bertz CT molecular complexity index is 688. The molecule has 2 N–H and O–H groups in total. The Morgan fingerprint density at radius 1 is 1.29 bits per heavy atom. The van der Waals surface area contributed by atoms with Gasteiger partial charge in [0.15, 0.2) is 0 Å². The number of hydrogen-bond donors (Lipinski definition) is 1. The van der Waals surface area contributed by atoms with Crippen LogP contribution in [0.25, 0.3) is 0 Å². The minimum atomic E-state index is -0.0559. The predicted octanol–water partition coefficient (Wildman–Crippen LogP) is 3.03. The van der Waals surface area contributed by atoms with E-state index < -0.39 is 0 Å². The van der Waals surface area contributed by atoms with Gasteiger partial charge in [0.1, 0.15) is 5.75 Å². The van der Waals surface area contributed by atoms with Gasteiger partial charge in [0.25, 0.3) is 5.91 Å². The van der Waals surface area contributed by atoms with E-state index in [1.165, 1.54) is 0 Å². The summed E-state index contributed by atoms with van der Waals surface area (Å²) in [7, 11) is 1.57. The van der Waals surface area contributed by atoms with Crippen molar-refractivity contribution in [2.45, 2.75) is 4.90 Å². The van der Waals surface area contributed by atoms with Crippen LogP contribution >= 0.6 is 11.8 Å². The van der Waals surface area contributed by atoms with Crippen molar-refractivity contribution < 1.29 is 9.53 Å². The molecule has 108 valence electrons. The number of rotatable bonds is 2. The number of ether oxygens (including phenoxy) is 1. The number of para-hydroxylation sites is 1. The minimum absolute atomic E-state index is 0.0559. The fourth-order valence-electron chi connectivity index (χ4n) is 2.41. The summed E-state index contributed by atoms with van der Waals surface area (Å²) < 4.78 is 5.29. The quantitative estimate of drug-likeness (QED) is 0.866. The van der Waals surface area contributed by atoms with Crippen LogP contribution in [-0.4, -0.2) is 25.3 Å². The van der Waals surface area contributed by atoms with Crippen molar-refractivity contribution in [2.24, 2.45) is 0 Å². The van der Waals surface area contributed by atoms with Gasteiger partial charge >= 0.3 is 0 Å². The monoisotopic (exact) mass is 300 g/mol. The summed E-state index contributed by atoms with van der Waals surface area (Å²) in [5.41, 5.74) is 7.97. The molecule has 0 fully saturated rings. The molecule has 0 atom stereocenters. The van der Waals surface area contributed by atoms with Gasteiger partial charge in [0.05, 0.1) is 18.4 Å². The fourth-order valence-corrected chi connectivity index (χ4v) is 3.39. The Labute approximate surface area is 127 Å². The normalized spacial score (nSPS) is 13.7. The second-order valence-corrected chi connectivity index (χ2v) is 5.87. The summed E-state index contributed by atoms with van der Waals surface area (Å²) in [5.74, 6) is 1.41. The molecule has 0 bridgehead atoms. The topological polar surface area (TPSA) is 55.6 Å². The van der Waals surface area contributed by atoms with Gasteiger partial charge in [-0.05, 0) is 30.3 Å². The zero-order chi connectivity index (χ0) is 14.8. The van der Waals surface area contributed by atoms with E-state index in [0.717, 1.165) is 16.3 Å². The Hall–Kier alpha value is -2.14. The first-order valence-electron chi connectivity index (χ1n) is 6.68. The molecule has 0 aromatic heterocycles. The van der Waals surface area contributed by atoms with Crippen molar-refractivity contribution in [1.82, 2.24) is 0 Å². The average molecular weight is 300 g/mol. The van der Waals surface area contributed by atoms with Crippen LogP contribution < -0.4 is 15.4 Å². The summed E-state index contributed by atoms with van der Waals surface area (Å²) >= 11 is 1.74. The van der Waals surface area contributed by atoms with Gasteiger partial charge in [0.2, 0.25) is 0 Å². The van der Waals surface area contributed by atoms with Crippen LogP contribution in [0.4, 0.5) is 11.4 Å². The molecule has 2 aromatic carbocycles. The average Bonchev–Trinajstić information content (AvgIpc) is 2.53. The molecule has 0 radical (unpaired) electrons. The number of fused-ring (bicyclic) bond motifs is 1. The van der Waals surface area contributed by atoms with Crippen LogP contribution in [0.2, 0.25) is 0 Å². The van der Waals surface area contributed by atoms with Crippen molar-refractivity contribution in [2.75, 3.05) is 30.0 Å². The molecule has 1 amide bonds. The third-order valence-electron chi connectivity index (χ3n) is 3.43. The lowest BCUT2D eigenvalue weighted by Gasteiger charge is -2.29. The molecule has 1 aliphatic heterocycles. The number of amides is 1. The van der Waals surface area contributed by atoms with Gasteiger partial charge in [-0.1, -0.05) is 12.1 Å². The maximum atomic E-state index is 12.8. The molecular formula is C16H16N2O2S. The zero-order valence-corrected chi connectivity index (χ0v) is 12.5. The molecular weight excluding hydrogens is 284 g/mol. The number of carbonyl (C=O) groups is 1. The highest BCUT2D eigenvalue weighted by Crippen LogP contribution is 2.37. The van der Waals surface area contributed by atoms with Crippen molar-refractivity contribution in [3.05, 3.63) is 48.0 Å². The second kappa shape index (κ2) is 5.69. The molecule has 0 unspecified atom stereocenters. The zero-order valence-electron chi connectivity index (χ0n) is 11.7. The lowest BCUT2D eigenvalue weighted by atomic mass is 10.1. The minimum Gasteiger partial charge on any atom is -0.496 e. The SMILES string of the molecule is COc1ccccc1C(=O)N1CCSc2ccc(N)cc21. The van der Waals surface area contributed by atoms with E-state index in [9.17, 15) is 4.79 Å². The van der Waals surface area contributed by atoms with E-state index in [4.69, 9.17) is 10.5 Å². The highest BCUT2D eigenvalue weighted by Gasteiger charge is 2.26. The molecule has 2 aromatic rings. The third kappa shape index (κ3) is 2.56. The first-order valence-corrected chi connectivity index (χ1v) is 7.66. The summed E-state index contributed by atoms with van der Waals surface area (Å²) in [5, 5.41) is 0. The van der Waals surface area contributed by atoms with E-state index in [0.29, 0.717) is 23.5 Å². The van der Waals surface area contributed by atoms with Gasteiger partial charge < -0.3 is 15.4 Å². The first-order chi connectivity index (χ1) is 10.2. The molecule has 4 nitrogen and oxygen atoms in total. The van der Waals surface area contributed by atoms with Gasteiger partial charge in [-0.15, -0.1) is 11.8 Å². The Kier molecular flexibility index (Phi) is 3.75. The predicted molar refractivity (Wildman–Crippen MR) is 86.2 cm³/mol. The number of thioether (sulfide) groups is 1. The van der Waals surface area contributed by atoms with E-state index in [2.05, 4.69) is 0 Å². The van der Waals surface area contributed by atoms with Crippen LogP contribution in [0, 0.1) is 0 Å². The largest absolute Gasteiger partial charge is 0.496 e. The molecule has 21 heavy (non-hydrogen) atoms. The number of anilines is 2. The van der Waals surface area contributed by atoms with E-state index in [1.807, 2.05) is 30.3 Å². The van der Waals surface area contributed by atoms with Crippen LogP contribution in [-0.2, 0) is 0 Å². The number of carbonyl (C=O) groups excluding carboxylic acids is 1. The van der Waals surface area contributed by atoms with Gasteiger partial charge in [-0.2, -0.15) is 0 Å². The summed E-state index contributed by atoms with van der Waals surface area (Å²) in [4.78, 5) is 15.7. The maximum absolute atomic E-state index is 12.8. The van der Waals surface area contributed by atoms with Crippen molar-refractivity contribution >= 4 is 29.0 Å². The highest BCUT2D eigenvalue weighted by atomic mass is 32.2. The molecule has 3 rings (SSSR count). The van der Waals surface area contributed by atoms with Crippen molar-refractivity contribution in [3.63, 3.8) is 0 Å². The Morgan fingerprint density at radius 3 is 2.90 bits per heavy atom. The van der Waals surface area contributed by atoms with E-state index in [-0.39, 0.29) is 5.91 Å². The first kappa shape index (κ1) is 13.8. The van der Waals surface area contributed by atoms with Crippen LogP contribution in [0.1, 0.15) is 10.4 Å². The number of hydrogen-bond acceptors (Lipinski definition) is 4. The molecule has 0 spiro atoms. The standard InChI is InChI=1S/C16H16N2O2S/c1-20-14-5-3-2-4-12(14)16(19)18-8-9-21-15-7-6-11(17)10-13(15)18/h2-7,10H,8-9,17H2,1H3. The lowest BCUT2D eigenvalue weighted by molar-refractivity contribution is 0.0985. The smallest absolute Gasteiger partial charge is 0.262 e. The number of methoxy groups -OCH3 is 1. The van der Waals surface area contributed by atoms with Crippen LogP contribution in [0.15, 0.2) is 47.4 Å². The van der Waals surface area contributed by atoms with Crippen LogP contribution in [0.5, 0.6) is 5.75 Å².